The standard InChI is InChI=1S/C18H22N4O4/c1-19-15(12-16(23)20(2)18(19)25)21-8-10-22(11-9-21)17(24)13-6-4-5-7-14(13)26-3/h4-7,12H,8-11H2,1-3H3. The van der Waals surface area contributed by atoms with Gasteiger partial charge in [-0.1, -0.05) is 12.1 Å². The molecule has 1 fully saturated rings. The number of methoxy groups -OCH3 is 1. The number of hydrogen-bond acceptors (Lipinski definition) is 5. The number of piperazine rings is 1. The first-order valence-corrected chi connectivity index (χ1v) is 8.38. The van der Waals surface area contributed by atoms with E-state index in [9.17, 15) is 14.4 Å². The van der Waals surface area contributed by atoms with Crippen LogP contribution in [0.3, 0.4) is 0 Å². The van der Waals surface area contributed by atoms with Crippen LogP contribution in [0.5, 0.6) is 5.75 Å². The van der Waals surface area contributed by atoms with Gasteiger partial charge in [0.25, 0.3) is 11.5 Å². The second kappa shape index (κ2) is 7.07. The molecule has 26 heavy (non-hydrogen) atoms. The van der Waals surface area contributed by atoms with E-state index in [1.54, 1.807) is 31.2 Å². The monoisotopic (exact) mass is 358 g/mol. The van der Waals surface area contributed by atoms with Crippen LogP contribution in [0.4, 0.5) is 5.82 Å². The highest BCUT2D eigenvalue weighted by Crippen LogP contribution is 2.21. The number of rotatable bonds is 3. The Morgan fingerprint density at radius 2 is 1.65 bits per heavy atom. The lowest BCUT2D eigenvalue weighted by molar-refractivity contribution is 0.0743. The second-order valence-electron chi connectivity index (χ2n) is 6.22. The van der Waals surface area contributed by atoms with Crippen molar-refractivity contribution in [3.63, 3.8) is 0 Å². The summed E-state index contributed by atoms with van der Waals surface area (Å²) in [5, 5.41) is 0. The molecule has 8 heteroatoms. The minimum absolute atomic E-state index is 0.0834. The first-order chi connectivity index (χ1) is 12.4. The zero-order valence-corrected chi connectivity index (χ0v) is 15.1. The number of carbonyl (C=O) groups excluding carboxylic acids is 1. The van der Waals surface area contributed by atoms with E-state index < -0.39 is 0 Å². The highest BCUT2D eigenvalue weighted by Gasteiger charge is 2.25. The molecule has 0 aliphatic carbocycles. The molecule has 1 aromatic heterocycles. The Kier molecular flexibility index (Phi) is 4.83. The molecule has 1 aliphatic heterocycles. The molecule has 0 saturated carbocycles. The van der Waals surface area contributed by atoms with E-state index in [2.05, 4.69) is 0 Å². The van der Waals surface area contributed by atoms with Gasteiger partial charge in [-0.05, 0) is 12.1 Å². The molecule has 138 valence electrons. The molecular formula is C18H22N4O4. The Labute approximate surface area is 150 Å². The fourth-order valence-electron chi connectivity index (χ4n) is 3.16. The van der Waals surface area contributed by atoms with Crippen molar-refractivity contribution in [3.8, 4) is 5.75 Å². The maximum atomic E-state index is 12.8. The molecule has 1 aliphatic rings. The number of benzene rings is 1. The molecule has 1 aromatic carbocycles. The minimum Gasteiger partial charge on any atom is -0.496 e. The zero-order valence-electron chi connectivity index (χ0n) is 15.1. The summed E-state index contributed by atoms with van der Waals surface area (Å²) in [5.41, 5.74) is -0.167. The number of para-hydroxylation sites is 1. The Bertz CT molecular complexity index is 939. The normalized spacial score (nSPS) is 14.4. The number of ether oxygens (including phenoxy) is 1. The molecule has 0 spiro atoms. The lowest BCUT2D eigenvalue weighted by atomic mass is 10.1. The SMILES string of the molecule is COc1ccccc1C(=O)N1CCN(c2cc(=O)n(C)c(=O)n2C)CC1. The molecular weight excluding hydrogens is 336 g/mol. The Hall–Kier alpha value is -3.03. The van der Waals surface area contributed by atoms with Gasteiger partial charge in [-0.2, -0.15) is 0 Å². The largest absolute Gasteiger partial charge is 0.496 e. The second-order valence-corrected chi connectivity index (χ2v) is 6.22. The van der Waals surface area contributed by atoms with E-state index in [0.29, 0.717) is 43.3 Å². The quantitative estimate of drug-likeness (QED) is 0.775. The number of carbonyl (C=O) groups is 1. The summed E-state index contributed by atoms with van der Waals surface area (Å²) in [4.78, 5) is 40.5. The third-order valence-corrected chi connectivity index (χ3v) is 4.73. The van der Waals surface area contributed by atoms with Gasteiger partial charge >= 0.3 is 5.69 Å². The van der Waals surface area contributed by atoms with Crippen molar-refractivity contribution in [2.24, 2.45) is 14.1 Å². The summed E-state index contributed by atoms with van der Waals surface area (Å²) in [7, 11) is 4.64. The molecule has 0 atom stereocenters. The number of amides is 1. The van der Waals surface area contributed by atoms with Crippen LogP contribution < -0.4 is 20.9 Å². The molecule has 1 saturated heterocycles. The van der Waals surface area contributed by atoms with Gasteiger partial charge in [0.15, 0.2) is 0 Å². The van der Waals surface area contributed by atoms with Crippen LogP contribution >= 0.6 is 0 Å². The maximum Gasteiger partial charge on any atom is 0.332 e. The van der Waals surface area contributed by atoms with Gasteiger partial charge in [0.05, 0.1) is 12.7 Å². The summed E-state index contributed by atoms with van der Waals surface area (Å²) in [6.45, 7) is 2.09. The predicted octanol–water partition coefficient (Wildman–Crippen LogP) is 0.0550. The van der Waals surface area contributed by atoms with E-state index in [4.69, 9.17) is 4.74 Å². The van der Waals surface area contributed by atoms with Crippen molar-refractivity contribution < 1.29 is 9.53 Å². The lowest BCUT2D eigenvalue weighted by Gasteiger charge is -2.36. The average molecular weight is 358 g/mol. The fraction of sp³-hybridized carbons (Fsp3) is 0.389. The van der Waals surface area contributed by atoms with Crippen molar-refractivity contribution >= 4 is 11.7 Å². The van der Waals surface area contributed by atoms with Gasteiger partial charge < -0.3 is 14.5 Å². The first kappa shape index (κ1) is 17.8. The Morgan fingerprint density at radius 1 is 1.00 bits per heavy atom. The first-order valence-electron chi connectivity index (χ1n) is 8.38. The molecule has 1 amide bonds. The molecule has 3 rings (SSSR count). The molecule has 8 nitrogen and oxygen atoms in total. The summed E-state index contributed by atoms with van der Waals surface area (Å²) >= 11 is 0. The van der Waals surface area contributed by atoms with Gasteiger partial charge in [-0.25, -0.2) is 4.79 Å². The summed E-state index contributed by atoms with van der Waals surface area (Å²) < 4.78 is 7.80. The lowest BCUT2D eigenvalue weighted by Crippen LogP contribution is -2.51. The van der Waals surface area contributed by atoms with Gasteiger partial charge in [0.1, 0.15) is 11.6 Å². The van der Waals surface area contributed by atoms with Crippen LogP contribution in [0.2, 0.25) is 0 Å². The van der Waals surface area contributed by atoms with E-state index in [1.807, 2.05) is 17.0 Å². The fourth-order valence-corrected chi connectivity index (χ4v) is 3.16. The van der Waals surface area contributed by atoms with Crippen molar-refractivity contribution in [2.45, 2.75) is 0 Å². The molecule has 2 heterocycles. The number of nitrogens with zero attached hydrogens (tertiary/aromatic N) is 4. The van der Waals surface area contributed by atoms with Crippen LogP contribution in [-0.2, 0) is 14.1 Å². The van der Waals surface area contributed by atoms with Crippen LogP contribution in [0, 0.1) is 0 Å². The topological polar surface area (TPSA) is 76.8 Å². The molecule has 0 N–H and O–H groups in total. The van der Waals surface area contributed by atoms with Gasteiger partial charge in [-0.15, -0.1) is 0 Å². The van der Waals surface area contributed by atoms with E-state index >= 15 is 0 Å². The summed E-state index contributed by atoms with van der Waals surface area (Å²) in [6.07, 6.45) is 0. The van der Waals surface area contributed by atoms with Gasteiger partial charge in [0.2, 0.25) is 0 Å². The molecule has 0 radical (unpaired) electrons. The highest BCUT2D eigenvalue weighted by atomic mass is 16.5. The molecule has 2 aromatic rings. The van der Waals surface area contributed by atoms with E-state index in [1.165, 1.54) is 17.7 Å². The van der Waals surface area contributed by atoms with Gasteiger partial charge in [0, 0.05) is 46.3 Å². The molecule has 0 bridgehead atoms. The Balaban J connectivity index is 1.77. The van der Waals surface area contributed by atoms with Crippen LogP contribution in [-0.4, -0.2) is 53.2 Å². The van der Waals surface area contributed by atoms with Crippen molar-refractivity contribution in [2.75, 3.05) is 38.2 Å². The third kappa shape index (κ3) is 3.10. The summed E-state index contributed by atoms with van der Waals surface area (Å²) in [6, 6.07) is 8.60. The average Bonchev–Trinajstić information content (AvgIpc) is 2.68. The van der Waals surface area contributed by atoms with Gasteiger partial charge in [-0.3, -0.25) is 18.7 Å². The van der Waals surface area contributed by atoms with Crippen molar-refractivity contribution in [1.29, 1.82) is 0 Å². The molecule has 0 unspecified atom stereocenters. The minimum atomic E-state index is -0.361. The third-order valence-electron chi connectivity index (χ3n) is 4.73. The van der Waals surface area contributed by atoms with Crippen molar-refractivity contribution in [3.05, 3.63) is 56.7 Å². The number of anilines is 1. The highest BCUT2D eigenvalue weighted by molar-refractivity contribution is 5.97. The van der Waals surface area contributed by atoms with Crippen LogP contribution in [0.25, 0.3) is 0 Å². The van der Waals surface area contributed by atoms with Crippen molar-refractivity contribution in [1.82, 2.24) is 14.0 Å². The number of aromatic nitrogens is 2. The summed E-state index contributed by atoms with van der Waals surface area (Å²) in [5.74, 6) is 1.04. The van der Waals surface area contributed by atoms with Crippen LogP contribution in [0.15, 0.2) is 39.9 Å². The Morgan fingerprint density at radius 3 is 2.31 bits per heavy atom. The number of hydrogen-bond donors (Lipinski definition) is 0. The zero-order chi connectivity index (χ0) is 18.8. The van der Waals surface area contributed by atoms with Crippen LogP contribution in [0.1, 0.15) is 10.4 Å². The van der Waals surface area contributed by atoms with E-state index in [0.717, 1.165) is 4.57 Å². The smallest absolute Gasteiger partial charge is 0.332 e. The maximum absolute atomic E-state index is 12.8. The van der Waals surface area contributed by atoms with E-state index in [-0.39, 0.29) is 17.2 Å². The predicted molar refractivity (Wildman–Crippen MR) is 98.0 cm³/mol.